The summed E-state index contributed by atoms with van der Waals surface area (Å²) in [7, 11) is 0. The van der Waals surface area contributed by atoms with Gasteiger partial charge in [0.15, 0.2) is 0 Å². The summed E-state index contributed by atoms with van der Waals surface area (Å²) in [5, 5.41) is 10.2. The van der Waals surface area contributed by atoms with Gasteiger partial charge in [0, 0.05) is 22.6 Å². The van der Waals surface area contributed by atoms with Crippen LogP contribution in [0, 0.1) is 0 Å². The predicted molar refractivity (Wildman–Crippen MR) is 75.2 cm³/mol. The standard InChI is InChI=1S/C14H14ClNO3/c1-3-10-12(14(18)19)13(17)9-6-5-8(15)7-11(9)16(10)4-2/h5-7H,3-4H2,1-2H3,(H,18,19). The van der Waals surface area contributed by atoms with Crippen molar-refractivity contribution < 1.29 is 9.90 Å². The van der Waals surface area contributed by atoms with E-state index in [-0.39, 0.29) is 5.56 Å². The highest BCUT2D eigenvalue weighted by Crippen LogP contribution is 2.21. The lowest BCUT2D eigenvalue weighted by molar-refractivity contribution is 0.0693. The van der Waals surface area contributed by atoms with Crippen molar-refractivity contribution in [3.63, 3.8) is 0 Å². The van der Waals surface area contributed by atoms with Crippen LogP contribution >= 0.6 is 11.6 Å². The third kappa shape index (κ3) is 2.12. The molecular weight excluding hydrogens is 266 g/mol. The van der Waals surface area contributed by atoms with Gasteiger partial charge in [-0.15, -0.1) is 0 Å². The average Bonchev–Trinajstić information content (AvgIpc) is 2.37. The minimum Gasteiger partial charge on any atom is -0.477 e. The molecule has 1 aromatic carbocycles. The van der Waals surface area contributed by atoms with E-state index in [1.807, 2.05) is 18.4 Å². The summed E-state index contributed by atoms with van der Waals surface area (Å²) < 4.78 is 1.84. The Hall–Kier alpha value is -1.81. The number of aryl methyl sites for hydroxylation is 1. The Kier molecular flexibility index (Phi) is 3.62. The fourth-order valence-electron chi connectivity index (χ4n) is 2.42. The van der Waals surface area contributed by atoms with E-state index < -0.39 is 11.4 Å². The van der Waals surface area contributed by atoms with E-state index in [9.17, 15) is 14.7 Å². The van der Waals surface area contributed by atoms with Crippen molar-refractivity contribution >= 4 is 28.5 Å². The van der Waals surface area contributed by atoms with Crippen LogP contribution in [0.2, 0.25) is 5.02 Å². The molecule has 100 valence electrons. The molecule has 5 heteroatoms. The Morgan fingerprint density at radius 2 is 2.05 bits per heavy atom. The maximum Gasteiger partial charge on any atom is 0.341 e. The summed E-state index contributed by atoms with van der Waals surface area (Å²) in [6.07, 6.45) is 0.479. The highest BCUT2D eigenvalue weighted by molar-refractivity contribution is 6.31. The van der Waals surface area contributed by atoms with Crippen LogP contribution in [0.4, 0.5) is 0 Å². The smallest absolute Gasteiger partial charge is 0.341 e. The van der Waals surface area contributed by atoms with Gasteiger partial charge in [-0.25, -0.2) is 4.79 Å². The molecule has 0 saturated carbocycles. The van der Waals surface area contributed by atoms with E-state index >= 15 is 0 Å². The molecule has 0 fully saturated rings. The molecule has 0 aliphatic heterocycles. The molecule has 0 unspecified atom stereocenters. The van der Waals surface area contributed by atoms with Gasteiger partial charge in [0.1, 0.15) is 5.56 Å². The molecule has 0 atom stereocenters. The number of nitrogens with zero attached hydrogens (tertiary/aromatic N) is 1. The van der Waals surface area contributed by atoms with Gasteiger partial charge in [0.05, 0.1) is 5.52 Å². The number of aromatic nitrogens is 1. The van der Waals surface area contributed by atoms with E-state index in [0.29, 0.717) is 34.6 Å². The van der Waals surface area contributed by atoms with E-state index in [4.69, 9.17) is 11.6 Å². The Labute approximate surface area is 115 Å². The van der Waals surface area contributed by atoms with Gasteiger partial charge < -0.3 is 9.67 Å². The summed E-state index contributed by atoms with van der Waals surface area (Å²) >= 11 is 5.97. The Morgan fingerprint density at radius 1 is 1.37 bits per heavy atom. The van der Waals surface area contributed by atoms with Gasteiger partial charge in [-0.2, -0.15) is 0 Å². The second kappa shape index (κ2) is 5.05. The molecule has 1 heterocycles. The third-order valence-electron chi connectivity index (χ3n) is 3.20. The summed E-state index contributed by atoms with van der Waals surface area (Å²) in [4.78, 5) is 23.6. The summed E-state index contributed by atoms with van der Waals surface area (Å²) in [6.45, 7) is 4.33. The van der Waals surface area contributed by atoms with Gasteiger partial charge >= 0.3 is 5.97 Å². The molecule has 0 radical (unpaired) electrons. The van der Waals surface area contributed by atoms with E-state index in [1.54, 1.807) is 18.2 Å². The zero-order chi connectivity index (χ0) is 14.2. The number of carboxylic acids is 1. The van der Waals surface area contributed by atoms with Gasteiger partial charge in [0.2, 0.25) is 5.43 Å². The highest BCUT2D eigenvalue weighted by atomic mass is 35.5. The lowest BCUT2D eigenvalue weighted by Gasteiger charge is -2.16. The summed E-state index contributed by atoms with van der Waals surface area (Å²) in [5.74, 6) is -1.18. The molecule has 0 spiro atoms. The minimum absolute atomic E-state index is 0.140. The van der Waals surface area contributed by atoms with Crippen molar-refractivity contribution in [2.75, 3.05) is 0 Å². The van der Waals surface area contributed by atoms with Crippen LogP contribution in [0.5, 0.6) is 0 Å². The Bertz CT molecular complexity index is 719. The first kappa shape index (κ1) is 13.6. The van der Waals surface area contributed by atoms with E-state index in [2.05, 4.69) is 0 Å². The molecule has 0 bridgehead atoms. The van der Waals surface area contributed by atoms with Crippen molar-refractivity contribution in [1.29, 1.82) is 0 Å². The quantitative estimate of drug-likeness (QED) is 0.940. The highest BCUT2D eigenvalue weighted by Gasteiger charge is 2.20. The largest absolute Gasteiger partial charge is 0.477 e. The molecular formula is C14H14ClNO3. The van der Waals surface area contributed by atoms with Crippen molar-refractivity contribution in [1.82, 2.24) is 4.57 Å². The van der Waals surface area contributed by atoms with Crippen LogP contribution in [-0.4, -0.2) is 15.6 Å². The zero-order valence-corrected chi connectivity index (χ0v) is 11.5. The number of hydrogen-bond donors (Lipinski definition) is 1. The van der Waals surface area contributed by atoms with Crippen molar-refractivity contribution in [2.24, 2.45) is 0 Å². The lowest BCUT2D eigenvalue weighted by atomic mass is 10.1. The number of carbonyl (C=O) groups is 1. The van der Waals surface area contributed by atoms with Crippen LogP contribution in [0.15, 0.2) is 23.0 Å². The van der Waals surface area contributed by atoms with Crippen LogP contribution < -0.4 is 5.43 Å². The van der Waals surface area contributed by atoms with Crippen molar-refractivity contribution in [3.05, 3.63) is 44.7 Å². The first-order chi connectivity index (χ1) is 9.01. The normalized spacial score (nSPS) is 10.9. The predicted octanol–water partition coefficient (Wildman–Crippen LogP) is 2.94. The maximum absolute atomic E-state index is 12.3. The van der Waals surface area contributed by atoms with Gasteiger partial charge in [-0.1, -0.05) is 18.5 Å². The minimum atomic E-state index is -1.18. The van der Waals surface area contributed by atoms with Gasteiger partial charge in [-0.3, -0.25) is 4.79 Å². The number of hydrogen-bond acceptors (Lipinski definition) is 2. The van der Waals surface area contributed by atoms with Crippen LogP contribution in [0.1, 0.15) is 29.9 Å². The summed E-state index contributed by atoms with van der Waals surface area (Å²) in [6, 6.07) is 4.88. The molecule has 1 aromatic heterocycles. The van der Waals surface area contributed by atoms with Crippen LogP contribution in [-0.2, 0) is 13.0 Å². The molecule has 2 rings (SSSR count). The van der Waals surface area contributed by atoms with Gasteiger partial charge in [-0.05, 0) is 31.5 Å². The summed E-state index contributed by atoms with van der Waals surface area (Å²) in [5.41, 5.74) is 0.636. The first-order valence-electron chi connectivity index (χ1n) is 6.09. The topological polar surface area (TPSA) is 59.3 Å². The number of carboxylic acid groups (broad SMARTS) is 1. The number of halogens is 1. The number of rotatable bonds is 3. The Balaban J connectivity index is 3.06. The first-order valence-corrected chi connectivity index (χ1v) is 6.47. The molecule has 1 N–H and O–H groups in total. The van der Waals surface area contributed by atoms with Crippen LogP contribution in [0.25, 0.3) is 10.9 Å². The Morgan fingerprint density at radius 3 is 2.58 bits per heavy atom. The monoisotopic (exact) mass is 279 g/mol. The molecule has 4 nitrogen and oxygen atoms in total. The lowest BCUT2D eigenvalue weighted by Crippen LogP contribution is -2.23. The molecule has 0 aliphatic carbocycles. The SMILES string of the molecule is CCc1c(C(=O)O)c(=O)c2ccc(Cl)cc2n1CC. The number of fused-ring (bicyclic) bond motifs is 1. The molecule has 0 amide bonds. The van der Waals surface area contributed by atoms with E-state index in [1.165, 1.54) is 0 Å². The number of aromatic carboxylic acids is 1. The molecule has 2 aromatic rings. The number of pyridine rings is 1. The van der Waals surface area contributed by atoms with E-state index in [0.717, 1.165) is 0 Å². The third-order valence-corrected chi connectivity index (χ3v) is 3.44. The number of benzene rings is 1. The molecule has 19 heavy (non-hydrogen) atoms. The zero-order valence-electron chi connectivity index (χ0n) is 10.7. The fourth-order valence-corrected chi connectivity index (χ4v) is 2.58. The van der Waals surface area contributed by atoms with Gasteiger partial charge in [0.25, 0.3) is 0 Å². The fraction of sp³-hybridized carbons (Fsp3) is 0.286. The van der Waals surface area contributed by atoms with Crippen molar-refractivity contribution in [3.8, 4) is 0 Å². The second-order valence-corrected chi connectivity index (χ2v) is 4.65. The average molecular weight is 280 g/mol. The second-order valence-electron chi connectivity index (χ2n) is 4.22. The van der Waals surface area contributed by atoms with Crippen molar-refractivity contribution in [2.45, 2.75) is 26.8 Å². The maximum atomic E-state index is 12.3. The molecule has 0 saturated heterocycles. The van der Waals surface area contributed by atoms with Crippen LogP contribution in [0.3, 0.4) is 0 Å². The molecule has 0 aliphatic rings.